The van der Waals surface area contributed by atoms with Gasteiger partial charge in [-0.15, -0.1) is 0 Å². The van der Waals surface area contributed by atoms with Crippen molar-refractivity contribution in [1.82, 2.24) is 15.3 Å². The van der Waals surface area contributed by atoms with Crippen molar-refractivity contribution >= 4 is 0 Å². The van der Waals surface area contributed by atoms with Crippen LogP contribution in [-0.2, 0) is 0 Å². The minimum atomic E-state index is 0.613. The van der Waals surface area contributed by atoms with Gasteiger partial charge in [0.15, 0.2) is 0 Å². The average molecular weight is 178 g/mol. The maximum atomic E-state index is 5.47. The zero-order valence-corrected chi connectivity index (χ0v) is 7.36. The lowest BCUT2D eigenvalue weighted by molar-refractivity contribution is 0.250. The van der Waals surface area contributed by atoms with Crippen molar-refractivity contribution in [3.8, 4) is 5.88 Å². The Kier molecular flexibility index (Phi) is 2.72. The Morgan fingerprint density at radius 3 is 3.38 bits per heavy atom. The second kappa shape index (κ2) is 4.18. The van der Waals surface area contributed by atoms with E-state index in [1.54, 1.807) is 6.07 Å². The molecule has 0 spiro atoms. The molecule has 1 saturated heterocycles. The molecular weight excluding hydrogens is 166 g/mol. The maximum Gasteiger partial charge on any atom is 0.216 e. The Labute approximate surface area is 77.4 Å². The smallest absolute Gasteiger partial charge is 0.216 e. The van der Waals surface area contributed by atoms with E-state index in [0.29, 0.717) is 11.8 Å². The highest BCUT2D eigenvalue weighted by molar-refractivity contribution is 5.03. The standard InChI is InChI=1S/C9H12N3O/c1-3-10-5-8(1)6-13-9-2-4-11-7-12-9/h2,7-8,10H,1,3,5-6H2. The van der Waals surface area contributed by atoms with Gasteiger partial charge in [-0.1, -0.05) is 0 Å². The first-order valence-corrected chi connectivity index (χ1v) is 4.47. The van der Waals surface area contributed by atoms with Gasteiger partial charge in [0.2, 0.25) is 5.88 Å². The van der Waals surface area contributed by atoms with Crippen molar-refractivity contribution in [2.45, 2.75) is 6.42 Å². The van der Waals surface area contributed by atoms with Gasteiger partial charge in [-0.3, -0.25) is 0 Å². The molecule has 2 heterocycles. The van der Waals surface area contributed by atoms with E-state index in [2.05, 4.69) is 21.5 Å². The van der Waals surface area contributed by atoms with E-state index in [9.17, 15) is 0 Å². The number of hydrogen-bond donors (Lipinski definition) is 1. The van der Waals surface area contributed by atoms with E-state index < -0.39 is 0 Å². The molecule has 0 bridgehead atoms. The number of ether oxygens (including phenoxy) is 1. The van der Waals surface area contributed by atoms with Crippen molar-refractivity contribution in [3.63, 3.8) is 0 Å². The van der Waals surface area contributed by atoms with Crippen molar-refractivity contribution in [2.24, 2.45) is 5.92 Å². The van der Waals surface area contributed by atoms with Gasteiger partial charge >= 0.3 is 0 Å². The highest BCUT2D eigenvalue weighted by Gasteiger charge is 2.14. The zero-order valence-electron chi connectivity index (χ0n) is 7.36. The van der Waals surface area contributed by atoms with Crippen LogP contribution in [0, 0.1) is 12.1 Å². The van der Waals surface area contributed by atoms with Crippen molar-refractivity contribution in [2.75, 3.05) is 19.7 Å². The zero-order chi connectivity index (χ0) is 8.93. The first-order valence-electron chi connectivity index (χ1n) is 4.47. The van der Waals surface area contributed by atoms with E-state index in [0.717, 1.165) is 19.7 Å². The number of nitrogens with one attached hydrogen (secondary N) is 1. The molecule has 1 fully saturated rings. The minimum Gasteiger partial charge on any atom is -0.477 e. The summed E-state index contributed by atoms with van der Waals surface area (Å²) in [5, 5.41) is 3.29. The molecule has 1 aromatic heterocycles. The summed E-state index contributed by atoms with van der Waals surface area (Å²) in [6.45, 7) is 2.89. The molecule has 13 heavy (non-hydrogen) atoms. The molecule has 1 unspecified atom stereocenters. The van der Waals surface area contributed by atoms with Crippen LogP contribution in [0.2, 0.25) is 0 Å². The van der Waals surface area contributed by atoms with E-state index in [1.807, 2.05) is 0 Å². The average Bonchev–Trinajstić information content (AvgIpc) is 2.69. The van der Waals surface area contributed by atoms with Crippen molar-refractivity contribution in [1.29, 1.82) is 0 Å². The summed E-state index contributed by atoms with van der Waals surface area (Å²) in [6.07, 6.45) is 5.32. The van der Waals surface area contributed by atoms with Gasteiger partial charge in [-0.25, -0.2) is 9.97 Å². The summed E-state index contributed by atoms with van der Waals surface area (Å²) in [4.78, 5) is 7.65. The molecule has 1 atom stereocenters. The molecule has 4 nitrogen and oxygen atoms in total. The predicted octanol–water partition coefficient (Wildman–Crippen LogP) is 0.265. The number of aromatic nitrogens is 2. The lowest BCUT2D eigenvalue weighted by atomic mass is 10.1. The first kappa shape index (κ1) is 8.44. The number of nitrogens with zero attached hydrogens (tertiary/aromatic N) is 2. The second-order valence-corrected chi connectivity index (χ2v) is 3.16. The lowest BCUT2D eigenvalue weighted by Crippen LogP contribution is -2.15. The van der Waals surface area contributed by atoms with Crippen molar-refractivity contribution < 1.29 is 4.74 Å². The summed E-state index contributed by atoms with van der Waals surface area (Å²) in [6, 6.07) is 1.66. The number of rotatable bonds is 3. The van der Waals surface area contributed by atoms with Crippen LogP contribution in [-0.4, -0.2) is 29.7 Å². The summed E-state index contributed by atoms with van der Waals surface area (Å²) in [7, 11) is 0. The largest absolute Gasteiger partial charge is 0.477 e. The highest BCUT2D eigenvalue weighted by Crippen LogP contribution is 2.10. The van der Waals surface area contributed by atoms with Gasteiger partial charge in [0.1, 0.15) is 6.33 Å². The summed E-state index contributed by atoms with van der Waals surface area (Å²) >= 11 is 0. The molecule has 0 aromatic carbocycles. The fraction of sp³-hybridized carbons (Fsp3) is 0.556. The molecule has 2 rings (SSSR count). The SMILES string of the molecule is [c]1cc(OCC2CCNC2)ncn1. The molecule has 1 aliphatic rings. The van der Waals surface area contributed by atoms with Gasteiger partial charge in [0.25, 0.3) is 0 Å². The first-order chi connectivity index (χ1) is 6.45. The van der Waals surface area contributed by atoms with Crippen LogP contribution in [0.15, 0.2) is 12.4 Å². The van der Waals surface area contributed by atoms with Crippen LogP contribution < -0.4 is 10.1 Å². The van der Waals surface area contributed by atoms with Crippen LogP contribution >= 0.6 is 0 Å². The Morgan fingerprint density at radius 2 is 2.69 bits per heavy atom. The Hall–Kier alpha value is -1.16. The molecule has 1 aromatic rings. The van der Waals surface area contributed by atoms with Crippen LogP contribution in [0.25, 0.3) is 0 Å². The van der Waals surface area contributed by atoms with E-state index in [-0.39, 0.29) is 0 Å². The maximum absolute atomic E-state index is 5.47. The molecule has 1 N–H and O–H groups in total. The molecule has 1 radical (unpaired) electrons. The van der Waals surface area contributed by atoms with Crippen LogP contribution in [0.1, 0.15) is 6.42 Å². The van der Waals surface area contributed by atoms with Gasteiger partial charge in [-0.2, -0.15) is 0 Å². The third-order valence-corrected chi connectivity index (χ3v) is 2.13. The van der Waals surface area contributed by atoms with Crippen LogP contribution in [0.4, 0.5) is 0 Å². The number of hydrogen-bond acceptors (Lipinski definition) is 4. The molecule has 69 valence electrons. The van der Waals surface area contributed by atoms with E-state index in [1.165, 1.54) is 12.7 Å². The molecule has 0 aliphatic carbocycles. The molecule has 0 saturated carbocycles. The predicted molar refractivity (Wildman–Crippen MR) is 47.3 cm³/mol. The van der Waals surface area contributed by atoms with Gasteiger partial charge in [0.05, 0.1) is 12.8 Å². The summed E-state index contributed by atoms with van der Waals surface area (Å²) in [5.41, 5.74) is 0. The summed E-state index contributed by atoms with van der Waals surface area (Å²) in [5.74, 6) is 1.23. The normalized spacial score (nSPS) is 21.7. The third kappa shape index (κ3) is 2.39. The third-order valence-electron chi connectivity index (χ3n) is 2.13. The topological polar surface area (TPSA) is 47.0 Å². The highest BCUT2D eigenvalue weighted by atomic mass is 16.5. The quantitative estimate of drug-likeness (QED) is 0.721. The van der Waals surface area contributed by atoms with E-state index in [4.69, 9.17) is 4.74 Å². The Bertz CT molecular complexity index is 246. The molecule has 1 aliphatic heterocycles. The van der Waals surface area contributed by atoms with Gasteiger partial charge in [0, 0.05) is 18.5 Å². The van der Waals surface area contributed by atoms with Crippen molar-refractivity contribution in [3.05, 3.63) is 18.6 Å². The van der Waals surface area contributed by atoms with Crippen LogP contribution in [0.3, 0.4) is 0 Å². The van der Waals surface area contributed by atoms with E-state index >= 15 is 0 Å². The molecule has 0 amide bonds. The monoisotopic (exact) mass is 178 g/mol. The summed E-state index contributed by atoms with van der Waals surface area (Å²) < 4.78 is 5.47. The van der Waals surface area contributed by atoms with Crippen LogP contribution in [0.5, 0.6) is 5.88 Å². The second-order valence-electron chi connectivity index (χ2n) is 3.16. The van der Waals surface area contributed by atoms with Gasteiger partial charge < -0.3 is 10.1 Å². The minimum absolute atomic E-state index is 0.613. The Balaban J connectivity index is 1.79. The van der Waals surface area contributed by atoms with Gasteiger partial charge in [-0.05, 0) is 13.0 Å². The molecule has 4 heteroatoms. The Morgan fingerprint density at radius 1 is 1.69 bits per heavy atom. The fourth-order valence-corrected chi connectivity index (χ4v) is 1.39. The molecular formula is C9H12N3O. The fourth-order valence-electron chi connectivity index (χ4n) is 1.39. The lowest BCUT2D eigenvalue weighted by Gasteiger charge is -2.08.